The van der Waals surface area contributed by atoms with Crippen molar-refractivity contribution in [2.45, 2.75) is 6.92 Å². The van der Waals surface area contributed by atoms with Gasteiger partial charge in [-0.15, -0.1) is 0 Å². The highest BCUT2D eigenvalue weighted by molar-refractivity contribution is 5.73. The molecule has 0 saturated carbocycles. The van der Waals surface area contributed by atoms with Crippen molar-refractivity contribution in [3.05, 3.63) is 58.4 Å². The van der Waals surface area contributed by atoms with Crippen LogP contribution in [0.2, 0.25) is 0 Å². The highest BCUT2D eigenvalue weighted by atomic mass is 16.6. The van der Waals surface area contributed by atoms with Gasteiger partial charge in [0.1, 0.15) is 0 Å². The maximum Gasteiger partial charge on any atom is 0.277 e. The average molecular weight is 214 g/mol. The number of pyridine rings is 1. The van der Waals surface area contributed by atoms with Gasteiger partial charge in [-0.3, -0.25) is 15.1 Å². The molecule has 0 aliphatic heterocycles. The third-order valence-electron chi connectivity index (χ3n) is 2.32. The van der Waals surface area contributed by atoms with E-state index in [4.69, 9.17) is 0 Å². The van der Waals surface area contributed by atoms with Crippen LogP contribution >= 0.6 is 0 Å². The van der Waals surface area contributed by atoms with Crippen molar-refractivity contribution in [1.29, 1.82) is 0 Å². The van der Waals surface area contributed by atoms with Gasteiger partial charge in [-0.25, -0.2) is 0 Å². The highest BCUT2D eigenvalue weighted by Crippen LogP contribution is 2.29. The summed E-state index contributed by atoms with van der Waals surface area (Å²) in [5.74, 6) is 0. The Labute approximate surface area is 92.7 Å². The second-order valence-corrected chi connectivity index (χ2v) is 3.52. The van der Waals surface area contributed by atoms with Crippen molar-refractivity contribution in [2.75, 3.05) is 0 Å². The fourth-order valence-corrected chi connectivity index (χ4v) is 1.56. The number of nitrogens with zero attached hydrogens (tertiary/aromatic N) is 2. The molecule has 80 valence electrons. The zero-order valence-corrected chi connectivity index (χ0v) is 8.75. The summed E-state index contributed by atoms with van der Waals surface area (Å²) in [5, 5.41) is 10.9. The molecule has 0 aliphatic carbocycles. The zero-order chi connectivity index (χ0) is 11.5. The molecule has 0 aliphatic rings. The number of benzene rings is 1. The summed E-state index contributed by atoms with van der Waals surface area (Å²) in [5.41, 5.74) is 2.47. The van der Waals surface area contributed by atoms with Gasteiger partial charge in [0.15, 0.2) is 0 Å². The molecular weight excluding hydrogens is 204 g/mol. The van der Waals surface area contributed by atoms with E-state index in [0.717, 1.165) is 11.1 Å². The van der Waals surface area contributed by atoms with Crippen LogP contribution in [0.25, 0.3) is 11.1 Å². The summed E-state index contributed by atoms with van der Waals surface area (Å²) < 4.78 is 0. The number of hydrogen-bond acceptors (Lipinski definition) is 3. The molecule has 0 atom stereocenters. The predicted octanol–water partition coefficient (Wildman–Crippen LogP) is 2.97. The number of nitro benzene ring substituents is 1. The first-order chi connectivity index (χ1) is 7.68. The average Bonchev–Trinajstić information content (AvgIpc) is 2.29. The fraction of sp³-hybridized carbons (Fsp3) is 0.0833. The minimum absolute atomic E-state index is 0.110. The molecule has 0 amide bonds. The third-order valence-corrected chi connectivity index (χ3v) is 2.32. The molecule has 16 heavy (non-hydrogen) atoms. The van der Waals surface area contributed by atoms with Gasteiger partial charge in [-0.05, 0) is 19.1 Å². The number of hydrogen-bond donors (Lipinski definition) is 0. The molecule has 0 N–H and O–H groups in total. The van der Waals surface area contributed by atoms with E-state index in [9.17, 15) is 10.1 Å². The molecule has 2 rings (SSSR count). The molecule has 0 fully saturated rings. The summed E-state index contributed by atoms with van der Waals surface area (Å²) in [7, 11) is 0. The first-order valence-electron chi connectivity index (χ1n) is 4.84. The van der Waals surface area contributed by atoms with Gasteiger partial charge in [-0.2, -0.15) is 0 Å². The lowest BCUT2D eigenvalue weighted by molar-refractivity contribution is -0.384. The van der Waals surface area contributed by atoms with Crippen LogP contribution in [-0.4, -0.2) is 9.91 Å². The molecule has 0 radical (unpaired) electrons. The number of aryl methyl sites for hydroxylation is 1. The molecule has 1 aromatic carbocycles. The van der Waals surface area contributed by atoms with Crippen LogP contribution in [-0.2, 0) is 0 Å². The van der Waals surface area contributed by atoms with Crippen molar-refractivity contribution >= 4 is 5.69 Å². The Kier molecular flexibility index (Phi) is 2.64. The Hall–Kier alpha value is -2.23. The Balaban J connectivity index is 2.63. The van der Waals surface area contributed by atoms with Gasteiger partial charge in [0, 0.05) is 24.0 Å². The minimum atomic E-state index is -0.373. The fourth-order valence-electron chi connectivity index (χ4n) is 1.56. The second-order valence-electron chi connectivity index (χ2n) is 3.52. The molecule has 0 saturated heterocycles. The molecule has 0 bridgehead atoms. The summed E-state index contributed by atoms with van der Waals surface area (Å²) in [4.78, 5) is 14.5. The van der Waals surface area contributed by atoms with Crippen LogP contribution in [0.1, 0.15) is 5.56 Å². The zero-order valence-electron chi connectivity index (χ0n) is 8.75. The van der Waals surface area contributed by atoms with Gasteiger partial charge in [0.25, 0.3) is 5.69 Å². The lowest BCUT2D eigenvalue weighted by Gasteiger charge is -2.03. The first kappa shape index (κ1) is 10.3. The van der Waals surface area contributed by atoms with E-state index in [2.05, 4.69) is 4.98 Å². The SMILES string of the molecule is Cc1ccc([N+](=O)[O-])c(-c2cccnc2)c1. The Morgan fingerprint density at radius 2 is 2.12 bits per heavy atom. The van der Waals surface area contributed by atoms with Crippen LogP contribution in [0.15, 0.2) is 42.7 Å². The van der Waals surface area contributed by atoms with Crippen LogP contribution in [0, 0.1) is 17.0 Å². The summed E-state index contributed by atoms with van der Waals surface area (Å²) >= 11 is 0. The molecule has 4 nitrogen and oxygen atoms in total. The normalized spacial score (nSPS) is 10.1. The van der Waals surface area contributed by atoms with Gasteiger partial charge < -0.3 is 0 Å². The molecule has 0 unspecified atom stereocenters. The first-order valence-corrected chi connectivity index (χ1v) is 4.84. The lowest BCUT2D eigenvalue weighted by atomic mass is 10.0. The lowest BCUT2D eigenvalue weighted by Crippen LogP contribution is -1.92. The van der Waals surface area contributed by atoms with E-state index in [0.29, 0.717) is 5.56 Å². The van der Waals surface area contributed by atoms with E-state index in [1.165, 1.54) is 6.07 Å². The topological polar surface area (TPSA) is 56.0 Å². The monoisotopic (exact) mass is 214 g/mol. The Morgan fingerprint density at radius 1 is 1.31 bits per heavy atom. The molecule has 1 aromatic heterocycles. The van der Waals surface area contributed by atoms with Crippen molar-refractivity contribution in [1.82, 2.24) is 4.98 Å². The second kappa shape index (κ2) is 4.10. The van der Waals surface area contributed by atoms with Crippen LogP contribution in [0.5, 0.6) is 0 Å². The maximum atomic E-state index is 10.9. The molecule has 4 heteroatoms. The van der Waals surface area contributed by atoms with Crippen molar-refractivity contribution < 1.29 is 4.92 Å². The quantitative estimate of drug-likeness (QED) is 0.570. The summed E-state index contributed by atoms with van der Waals surface area (Å²) in [6.45, 7) is 1.91. The van der Waals surface area contributed by atoms with E-state index < -0.39 is 0 Å². The minimum Gasteiger partial charge on any atom is -0.264 e. The molecule has 2 aromatic rings. The number of rotatable bonds is 2. The van der Waals surface area contributed by atoms with Crippen molar-refractivity contribution in [2.24, 2.45) is 0 Å². The summed E-state index contributed by atoms with van der Waals surface area (Å²) in [6, 6.07) is 8.64. The maximum absolute atomic E-state index is 10.9. The largest absolute Gasteiger partial charge is 0.277 e. The van der Waals surface area contributed by atoms with E-state index in [1.807, 2.05) is 13.0 Å². The molecular formula is C12H10N2O2. The van der Waals surface area contributed by atoms with E-state index in [1.54, 1.807) is 30.6 Å². The standard InChI is InChI=1S/C12H10N2O2/c1-9-4-5-12(14(15)16)11(7-9)10-3-2-6-13-8-10/h2-8H,1H3. The predicted molar refractivity (Wildman–Crippen MR) is 61.1 cm³/mol. The Bertz CT molecular complexity index is 524. The van der Waals surface area contributed by atoms with Crippen LogP contribution in [0.4, 0.5) is 5.69 Å². The van der Waals surface area contributed by atoms with Crippen LogP contribution < -0.4 is 0 Å². The number of aromatic nitrogens is 1. The van der Waals surface area contributed by atoms with Gasteiger partial charge in [0.2, 0.25) is 0 Å². The summed E-state index contributed by atoms with van der Waals surface area (Å²) in [6.07, 6.45) is 3.27. The van der Waals surface area contributed by atoms with E-state index >= 15 is 0 Å². The smallest absolute Gasteiger partial charge is 0.264 e. The molecule has 0 spiro atoms. The van der Waals surface area contributed by atoms with Crippen LogP contribution in [0.3, 0.4) is 0 Å². The third kappa shape index (κ3) is 1.91. The molecule has 1 heterocycles. The van der Waals surface area contributed by atoms with E-state index in [-0.39, 0.29) is 10.6 Å². The van der Waals surface area contributed by atoms with Gasteiger partial charge in [-0.1, -0.05) is 17.7 Å². The number of nitro groups is 1. The van der Waals surface area contributed by atoms with Gasteiger partial charge in [0.05, 0.1) is 10.5 Å². The van der Waals surface area contributed by atoms with Gasteiger partial charge >= 0.3 is 0 Å². The highest BCUT2D eigenvalue weighted by Gasteiger charge is 2.14. The van der Waals surface area contributed by atoms with Crippen molar-refractivity contribution in [3.63, 3.8) is 0 Å². The Morgan fingerprint density at radius 3 is 2.75 bits per heavy atom. The van der Waals surface area contributed by atoms with Crippen molar-refractivity contribution in [3.8, 4) is 11.1 Å².